The average molecular weight is 460 g/mol. The van der Waals surface area contributed by atoms with E-state index in [2.05, 4.69) is 16.0 Å². The predicted molar refractivity (Wildman–Crippen MR) is 132 cm³/mol. The first-order chi connectivity index (χ1) is 16.3. The zero-order valence-electron chi connectivity index (χ0n) is 19.5. The van der Waals surface area contributed by atoms with Crippen molar-refractivity contribution >= 4 is 23.6 Å². The summed E-state index contributed by atoms with van der Waals surface area (Å²) in [6.45, 7) is 5.62. The van der Waals surface area contributed by atoms with Gasteiger partial charge in [0.05, 0.1) is 5.56 Å². The van der Waals surface area contributed by atoms with Crippen molar-refractivity contribution in [2.45, 2.75) is 39.5 Å². The Morgan fingerprint density at radius 3 is 2.15 bits per heavy atom. The lowest BCUT2D eigenvalue weighted by Crippen LogP contribution is -2.39. The second-order valence-electron chi connectivity index (χ2n) is 8.13. The molecule has 0 aromatic heterocycles. The first-order valence-electron chi connectivity index (χ1n) is 11.1. The van der Waals surface area contributed by atoms with Gasteiger partial charge in [-0.05, 0) is 50.1 Å². The minimum Gasteiger partial charge on any atom is -0.449 e. The highest BCUT2D eigenvalue weighted by Crippen LogP contribution is 2.27. The first-order valence-corrected chi connectivity index (χ1v) is 11.1. The zero-order chi connectivity index (χ0) is 24.5. The number of para-hydroxylation sites is 1. The van der Waals surface area contributed by atoms with Crippen LogP contribution in [0.3, 0.4) is 0 Å². The molecule has 34 heavy (non-hydrogen) atoms. The maximum atomic E-state index is 12.7. The van der Waals surface area contributed by atoms with E-state index in [1.165, 1.54) is 6.92 Å². The van der Waals surface area contributed by atoms with Crippen LogP contribution in [0.5, 0.6) is 0 Å². The van der Waals surface area contributed by atoms with Crippen LogP contribution in [0, 0.1) is 0 Å². The molecule has 3 aromatic rings. The number of hydrogen-bond acceptors (Lipinski definition) is 4. The topological polar surface area (TPSA) is 96.5 Å². The highest BCUT2D eigenvalue weighted by Gasteiger charge is 2.20. The minimum atomic E-state index is -0.989. The van der Waals surface area contributed by atoms with Gasteiger partial charge in [0.2, 0.25) is 0 Å². The molecule has 0 saturated carbocycles. The summed E-state index contributed by atoms with van der Waals surface area (Å²) in [4.78, 5) is 36.9. The Morgan fingerprint density at radius 2 is 1.47 bits per heavy atom. The molecule has 0 bridgehead atoms. The summed E-state index contributed by atoms with van der Waals surface area (Å²) < 4.78 is 5.37. The molecule has 0 spiro atoms. The SMILES string of the molecule is CC(C)NC(=O)NCc1ccc(C(=O)OC(C)C(=O)Nc2ccccc2-c2ccccc2)cc1. The molecule has 0 aliphatic heterocycles. The molecule has 0 heterocycles. The average Bonchev–Trinajstić information content (AvgIpc) is 2.83. The quantitative estimate of drug-likeness (QED) is 0.424. The van der Waals surface area contributed by atoms with E-state index in [0.717, 1.165) is 16.7 Å². The Kier molecular flexibility index (Phi) is 8.40. The van der Waals surface area contributed by atoms with Crippen molar-refractivity contribution in [2.24, 2.45) is 0 Å². The van der Waals surface area contributed by atoms with Gasteiger partial charge >= 0.3 is 12.0 Å². The van der Waals surface area contributed by atoms with Crippen molar-refractivity contribution in [1.82, 2.24) is 10.6 Å². The fourth-order valence-corrected chi connectivity index (χ4v) is 3.23. The number of benzene rings is 3. The molecule has 7 heteroatoms. The number of carbonyl (C=O) groups excluding carboxylic acids is 3. The van der Waals surface area contributed by atoms with E-state index >= 15 is 0 Å². The first kappa shape index (κ1) is 24.5. The second-order valence-corrected chi connectivity index (χ2v) is 8.13. The lowest BCUT2D eigenvalue weighted by molar-refractivity contribution is -0.123. The number of nitrogens with one attached hydrogen (secondary N) is 3. The smallest absolute Gasteiger partial charge is 0.338 e. The standard InChI is InChI=1S/C27H29N3O4/c1-18(2)29-27(33)28-17-20-13-15-22(16-14-20)26(32)34-19(3)25(31)30-24-12-8-7-11-23(24)21-9-5-4-6-10-21/h4-16,18-19H,17H2,1-3H3,(H,30,31)(H2,28,29,33). The summed E-state index contributed by atoms with van der Waals surface area (Å²) >= 11 is 0. The second kappa shape index (κ2) is 11.7. The van der Waals surface area contributed by atoms with Gasteiger partial charge < -0.3 is 20.7 Å². The largest absolute Gasteiger partial charge is 0.449 e. The third kappa shape index (κ3) is 6.93. The summed E-state index contributed by atoms with van der Waals surface area (Å²) in [5, 5.41) is 8.34. The molecule has 3 amide bonds. The number of rotatable bonds is 8. The van der Waals surface area contributed by atoms with Crippen LogP contribution in [0.1, 0.15) is 36.7 Å². The molecule has 3 N–H and O–H groups in total. The Balaban J connectivity index is 1.57. The van der Waals surface area contributed by atoms with Crippen molar-refractivity contribution in [1.29, 1.82) is 0 Å². The van der Waals surface area contributed by atoms with Gasteiger partial charge in [-0.1, -0.05) is 60.7 Å². The van der Waals surface area contributed by atoms with Crippen molar-refractivity contribution in [3.8, 4) is 11.1 Å². The van der Waals surface area contributed by atoms with Gasteiger partial charge in [-0.2, -0.15) is 0 Å². The molecule has 0 saturated heterocycles. The number of esters is 1. The monoisotopic (exact) mass is 459 g/mol. The van der Waals surface area contributed by atoms with Crippen LogP contribution < -0.4 is 16.0 Å². The van der Waals surface area contributed by atoms with E-state index < -0.39 is 18.0 Å². The van der Waals surface area contributed by atoms with Crippen LogP contribution >= 0.6 is 0 Å². The van der Waals surface area contributed by atoms with E-state index in [0.29, 0.717) is 17.8 Å². The fourth-order valence-electron chi connectivity index (χ4n) is 3.23. The molecule has 0 radical (unpaired) electrons. The third-order valence-corrected chi connectivity index (χ3v) is 4.99. The van der Waals surface area contributed by atoms with Crippen LogP contribution in [0.15, 0.2) is 78.9 Å². The molecular formula is C27H29N3O4. The van der Waals surface area contributed by atoms with Gasteiger partial charge in [0.1, 0.15) is 0 Å². The summed E-state index contributed by atoms with van der Waals surface area (Å²) in [5.74, 6) is -1.02. The summed E-state index contributed by atoms with van der Waals surface area (Å²) in [5.41, 5.74) is 3.64. The summed E-state index contributed by atoms with van der Waals surface area (Å²) in [6.07, 6.45) is -0.989. The number of urea groups is 1. The van der Waals surface area contributed by atoms with Gasteiger partial charge in [0, 0.05) is 23.8 Å². The summed E-state index contributed by atoms with van der Waals surface area (Å²) in [7, 11) is 0. The Labute approximate surface area is 199 Å². The van der Waals surface area contributed by atoms with Crippen LogP contribution in [0.25, 0.3) is 11.1 Å². The van der Waals surface area contributed by atoms with Crippen molar-refractivity contribution in [2.75, 3.05) is 5.32 Å². The molecule has 3 rings (SSSR count). The number of carbonyl (C=O) groups is 3. The fraction of sp³-hybridized carbons (Fsp3) is 0.222. The van der Waals surface area contributed by atoms with Crippen molar-refractivity contribution in [3.63, 3.8) is 0 Å². The predicted octanol–water partition coefficient (Wildman–Crippen LogP) is 4.75. The maximum Gasteiger partial charge on any atom is 0.338 e. The number of hydrogen-bond donors (Lipinski definition) is 3. The minimum absolute atomic E-state index is 0.0446. The van der Waals surface area contributed by atoms with Gasteiger partial charge in [0.25, 0.3) is 5.91 Å². The highest BCUT2D eigenvalue weighted by atomic mass is 16.5. The third-order valence-electron chi connectivity index (χ3n) is 4.99. The molecule has 0 aliphatic carbocycles. The number of amides is 3. The van der Waals surface area contributed by atoms with Gasteiger partial charge in [-0.15, -0.1) is 0 Å². The molecular weight excluding hydrogens is 430 g/mol. The molecule has 0 aliphatic rings. The van der Waals surface area contributed by atoms with E-state index in [1.807, 2.05) is 68.4 Å². The van der Waals surface area contributed by atoms with Crippen LogP contribution in [-0.4, -0.2) is 30.1 Å². The Morgan fingerprint density at radius 1 is 0.824 bits per heavy atom. The van der Waals surface area contributed by atoms with E-state index in [4.69, 9.17) is 4.74 Å². The molecule has 0 fully saturated rings. The van der Waals surface area contributed by atoms with Crippen molar-refractivity contribution < 1.29 is 19.1 Å². The van der Waals surface area contributed by atoms with Gasteiger partial charge in [-0.3, -0.25) is 4.79 Å². The lowest BCUT2D eigenvalue weighted by atomic mass is 10.0. The molecule has 176 valence electrons. The normalized spacial score (nSPS) is 11.4. The number of anilines is 1. The highest BCUT2D eigenvalue weighted by molar-refractivity contribution is 5.99. The summed E-state index contributed by atoms with van der Waals surface area (Å²) in [6, 6.07) is 23.6. The van der Waals surface area contributed by atoms with E-state index in [1.54, 1.807) is 24.3 Å². The van der Waals surface area contributed by atoms with Gasteiger partial charge in [0.15, 0.2) is 6.10 Å². The molecule has 3 aromatic carbocycles. The van der Waals surface area contributed by atoms with Crippen molar-refractivity contribution in [3.05, 3.63) is 90.0 Å². The van der Waals surface area contributed by atoms with E-state index in [9.17, 15) is 14.4 Å². The molecule has 1 unspecified atom stereocenters. The molecule has 7 nitrogen and oxygen atoms in total. The molecule has 1 atom stereocenters. The number of ether oxygens (including phenoxy) is 1. The van der Waals surface area contributed by atoms with Gasteiger partial charge in [-0.25, -0.2) is 9.59 Å². The van der Waals surface area contributed by atoms with Crippen LogP contribution in [0.2, 0.25) is 0 Å². The van der Waals surface area contributed by atoms with Crippen LogP contribution in [0.4, 0.5) is 10.5 Å². The zero-order valence-corrected chi connectivity index (χ0v) is 19.5. The Hall–Kier alpha value is -4.13. The lowest BCUT2D eigenvalue weighted by Gasteiger charge is -2.16. The maximum absolute atomic E-state index is 12.7. The van der Waals surface area contributed by atoms with Crippen LogP contribution in [-0.2, 0) is 16.1 Å². The van der Waals surface area contributed by atoms with E-state index in [-0.39, 0.29) is 12.1 Å². The Bertz CT molecular complexity index is 1130.